The second-order valence-electron chi connectivity index (χ2n) is 6.38. The van der Waals surface area contributed by atoms with Crippen molar-refractivity contribution in [1.29, 1.82) is 0 Å². The molecule has 0 saturated carbocycles. The molecular formula is C19H20F3NO7S. The molecule has 0 aliphatic rings. The fraction of sp³-hybridized carbons (Fsp3) is 0.316. The molecule has 0 heterocycles. The fourth-order valence-corrected chi connectivity index (χ4v) is 4.18. The Morgan fingerprint density at radius 2 is 1.52 bits per heavy atom. The lowest BCUT2D eigenvalue weighted by molar-refractivity contribution is -0.274. The van der Waals surface area contributed by atoms with Crippen molar-refractivity contribution < 1.29 is 46.2 Å². The first kappa shape index (κ1) is 24.4. The summed E-state index contributed by atoms with van der Waals surface area (Å²) in [6.07, 6.45) is -4.43. The second kappa shape index (κ2) is 10.5. The van der Waals surface area contributed by atoms with Gasteiger partial charge in [-0.3, -0.25) is 10.0 Å². The molecule has 0 fully saturated rings. The number of hydrogen-bond donors (Lipinski definition) is 2. The van der Waals surface area contributed by atoms with Gasteiger partial charge in [-0.2, -0.15) is 0 Å². The van der Waals surface area contributed by atoms with Crippen LogP contribution in [0.2, 0.25) is 0 Å². The highest BCUT2D eigenvalue weighted by Crippen LogP contribution is 2.28. The highest BCUT2D eigenvalue weighted by molar-refractivity contribution is 7.91. The van der Waals surface area contributed by atoms with E-state index in [9.17, 15) is 31.6 Å². The molecule has 0 bridgehead atoms. The first-order valence-corrected chi connectivity index (χ1v) is 10.6. The smallest absolute Gasteiger partial charge is 0.457 e. The van der Waals surface area contributed by atoms with E-state index < -0.39 is 33.7 Å². The van der Waals surface area contributed by atoms with Crippen LogP contribution in [0.5, 0.6) is 17.2 Å². The maximum atomic E-state index is 12.6. The standard InChI is InChI=1S/C19H20F3NO7S/c20-19(21,22)30-17-5-3-15(4-6-17)29-16-7-9-18(10-8-16)31(27,28)12-14(2-1-11-24)23(26)13-25/h3-10,13-14,24,26H,1-2,11-12H2/t14-/m0/s1. The zero-order valence-corrected chi connectivity index (χ0v) is 16.8. The van der Waals surface area contributed by atoms with E-state index in [1.807, 2.05) is 0 Å². The highest BCUT2D eigenvalue weighted by atomic mass is 32.2. The van der Waals surface area contributed by atoms with Crippen LogP contribution in [0, 0.1) is 0 Å². The lowest BCUT2D eigenvalue weighted by Crippen LogP contribution is -2.37. The van der Waals surface area contributed by atoms with E-state index in [1.165, 1.54) is 36.4 Å². The number of ether oxygens (including phenoxy) is 2. The molecule has 1 amide bonds. The molecule has 0 aliphatic carbocycles. The number of aliphatic hydroxyl groups excluding tert-OH is 1. The molecule has 1 atom stereocenters. The van der Waals surface area contributed by atoms with E-state index >= 15 is 0 Å². The number of halogens is 3. The Morgan fingerprint density at radius 1 is 1.00 bits per heavy atom. The molecule has 170 valence electrons. The van der Waals surface area contributed by atoms with Gasteiger partial charge in [-0.1, -0.05) is 0 Å². The van der Waals surface area contributed by atoms with Gasteiger partial charge in [-0.25, -0.2) is 13.5 Å². The molecular weight excluding hydrogens is 443 g/mol. The summed E-state index contributed by atoms with van der Waals surface area (Å²) in [5.41, 5.74) is 0. The molecule has 2 rings (SSSR count). The zero-order chi connectivity index (χ0) is 23.1. The summed E-state index contributed by atoms with van der Waals surface area (Å²) in [5.74, 6) is -0.526. The van der Waals surface area contributed by atoms with Crippen molar-refractivity contribution in [1.82, 2.24) is 5.06 Å². The van der Waals surface area contributed by atoms with E-state index in [0.717, 1.165) is 12.1 Å². The third-order valence-corrected chi connectivity index (χ3v) is 5.88. The Bertz CT molecular complexity index is 948. The van der Waals surface area contributed by atoms with Gasteiger partial charge in [0, 0.05) is 6.61 Å². The van der Waals surface area contributed by atoms with Gasteiger partial charge in [0.15, 0.2) is 9.84 Å². The Balaban J connectivity index is 2.07. The number of nitrogens with zero attached hydrogens (tertiary/aromatic N) is 1. The number of carbonyl (C=O) groups excluding carboxylic acids is 1. The molecule has 31 heavy (non-hydrogen) atoms. The summed E-state index contributed by atoms with van der Waals surface area (Å²) < 4.78 is 70.9. The first-order valence-electron chi connectivity index (χ1n) is 8.94. The highest BCUT2D eigenvalue weighted by Gasteiger charge is 2.31. The number of rotatable bonds is 11. The van der Waals surface area contributed by atoms with Gasteiger partial charge in [0.2, 0.25) is 6.41 Å². The van der Waals surface area contributed by atoms with Gasteiger partial charge in [0.05, 0.1) is 16.7 Å². The summed E-state index contributed by atoms with van der Waals surface area (Å²) >= 11 is 0. The summed E-state index contributed by atoms with van der Waals surface area (Å²) in [6.45, 7) is -0.224. The van der Waals surface area contributed by atoms with Crippen molar-refractivity contribution in [3.8, 4) is 17.2 Å². The molecule has 12 heteroatoms. The molecule has 0 aromatic heterocycles. The van der Waals surface area contributed by atoms with Crippen LogP contribution in [0.3, 0.4) is 0 Å². The van der Waals surface area contributed by atoms with Crippen molar-refractivity contribution in [2.24, 2.45) is 0 Å². The first-order chi connectivity index (χ1) is 14.5. The topological polar surface area (TPSA) is 113 Å². The molecule has 0 unspecified atom stereocenters. The van der Waals surface area contributed by atoms with Gasteiger partial charge in [0.25, 0.3) is 0 Å². The Kier molecular flexibility index (Phi) is 8.25. The maximum Gasteiger partial charge on any atom is 0.573 e. The molecule has 2 aromatic carbocycles. The fourth-order valence-electron chi connectivity index (χ4n) is 2.61. The van der Waals surface area contributed by atoms with Gasteiger partial charge in [-0.05, 0) is 61.4 Å². The number of hydroxylamine groups is 2. The van der Waals surface area contributed by atoms with E-state index in [-0.39, 0.29) is 47.3 Å². The number of hydrogen-bond acceptors (Lipinski definition) is 7. The molecule has 2 aromatic rings. The maximum absolute atomic E-state index is 12.6. The van der Waals surface area contributed by atoms with Gasteiger partial charge in [0.1, 0.15) is 17.2 Å². The van der Waals surface area contributed by atoms with Gasteiger partial charge >= 0.3 is 6.36 Å². The van der Waals surface area contributed by atoms with Crippen LogP contribution in [0.4, 0.5) is 13.2 Å². The molecule has 8 nitrogen and oxygen atoms in total. The number of sulfone groups is 1. The van der Waals surface area contributed by atoms with Crippen LogP contribution in [-0.2, 0) is 14.6 Å². The average molecular weight is 463 g/mol. The van der Waals surface area contributed by atoms with Crippen LogP contribution in [0.15, 0.2) is 53.4 Å². The van der Waals surface area contributed by atoms with E-state index in [1.54, 1.807) is 0 Å². The molecule has 0 spiro atoms. The van der Waals surface area contributed by atoms with E-state index in [0.29, 0.717) is 0 Å². The molecule has 0 saturated heterocycles. The Labute approximate surface area is 176 Å². The molecule has 2 N–H and O–H groups in total. The molecule has 0 radical (unpaired) electrons. The second-order valence-corrected chi connectivity index (χ2v) is 8.41. The minimum absolute atomic E-state index is 0.0814. The summed E-state index contributed by atoms with van der Waals surface area (Å²) in [4.78, 5) is 10.7. The van der Waals surface area contributed by atoms with E-state index in [4.69, 9.17) is 9.84 Å². The largest absolute Gasteiger partial charge is 0.573 e. The summed E-state index contributed by atoms with van der Waals surface area (Å²) in [7, 11) is -3.88. The van der Waals surface area contributed by atoms with Crippen LogP contribution >= 0.6 is 0 Å². The third-order valence-electron chi connectivity index (χ3n) is 4.07. The van der Waals surface area contributed by atoms with Crippen molar-refractivity contribution in [2.45, 2.75) is 30.1 Å². The van der Waals surface area contributed by atoms with Crippen LogP contribution in [0.1, 0.15) is 12.8 Å². The van der Waals surface area contributed by atoms with Crippen molar-refractivity contribution in [3.05, 3.63) is 48.5 Å². The van der Waals surface area contributed by atoms with Crippen LogP contribution in [-0.4, -0.2) is 55.0 Å². The van der Waals surface area contributed by atoms with Gasteiger partial charge < -0.3 is 14.6 Å². The van der Waals surface area contributed by atoms with Crippen molar-refractivity contribution >= 4 is 16.2 Å². The van der Waals surface area contributed by atoms with Crippen LogP contribution < -0.4 is 9.47 Å². The van der Waals surface area contributed by atoms with Crippen LogP contribution in [0.25, 0.3) is 0 Å². The SMILES string of the molecule is O=CN(O)[C@@H](CCCO)CS(=O)(=O)c1ccc(Oc2ccc(OC(F)(F)F)cc2)cc1. The number of carbonyl (C=O) groups is 1. The Hall–Kier alpha value is -2.83. The summed E-state index contributed by atoms with van der Waals surface area (Å²) in [5, 5.41) is 18.7. The third kappa shape index (κ3) is 7.74. The average Bonchev–Trinajstić information content (AvgIpc) is 2.71. The minimum atomic E-state index is -4.81. The normalized spacial score (nSPS) is 12.8. The predicted molar refractivity (Wildman–Crippen MR) is 101 cm³/mol. The zero-order valence-electron chi connectivity index (χ0n) is 16.0. The Morgan fingerprint density at radius 3 is 2.00 bits per heavy atom. The van der Waals surface area contributed by atoms with Gasteiger partial charge in [-0.15, -0.1) is 13.2 Å². The lowest BCUT2D eigenvalue weighted by Gasteiger charge is -2.22. The lowest BCUT2D eigenvalue weighted by atomic mass is 10.2. The summed E-state index contributed by atoms with van der Waals surface area (Å²) in [6, 6.07) is 8.86. The van der Waals surface area contributed by atoms with Crippen molar-refractivity contribution in [2.75, 3.05) is 12.4 Å². The minimum Gasteiger partial charge on any atom is -0.457 e. The number of benzene rings is 2. The number of alkyl halides is 3. The van der Waals surface area contributed by atoms with Crippen molar-refractivity contribution in [3.63, 3.8) is 0 Å². The number of amides is 1. The monoisotopic (exact) mass is 463 g/mol. The predicted octanol–water partition coefficient (Wildman–Crippen LogP) is 3.14. The number of aliphatic hydroxyl groups is 1. The quantitative estimate of drug-likeness (QED) is 0.299. The van der Waals surface area contributed by atoms with E-state index in [2.05, 4.69) is 4.74 Å². The molecule has 0 aliphatic heterocycles.